The predicted molar refractivity (Wildman–Crippen MR) is 110 cm³/mol. The molecule has 0 amide bonds. The summed E-state index contributed by atoms with van der Waals surface area (Å²) >= 11 is 0. The Hall–Kier alpha value is -4.08. The van der Waals surface area contributed by atoms with Gasteiger partial charge in [-0.05, 0) is 38.1 Å². The van der Waals surface area contributed by atoms with E-state index in [0.29, 0.717) is 22.9 Å². The van der Waals surface area contributed by atoms with Crippen LogP contribution in [0, 0.1) is 17.0 Å². The molecule has 0 aliphatic heterocycles. The van der Waals surface area contributed by atoms with Crippen molar-refractivity contribution in [2.45, 2.75) is 20.3 Å². The fourth-order valence-electron chi connectivity index (χ4n) is 2.92. The van der Waals surface area contributed by atoms with Crippen LogP contribution < -0.4 is 5.56 Å². The van der Waals surface area contributed by atoms with Crippen LogP contribution >= 0.6 is 0 Å². The number of aromatic nitrogens is 3. The minimum absolute atomic E-state index is 0.100. The number of nitro benzene ring substituents is 1. The van der Waals surface area contributed by atoms with E-state index in [9.17, 15) is 19.7 Å². The number of carbonyl (C=O) groups excluding carboxylic acids is 1. The van der Waals surface area contributed by atoms with Gasteiger partial charge in [-0.15, -0.1) is 0 Å². The molecule has 1 aromatic carbocycles. The second-order valence-corrected chi connectivity index (χ2v) is 6.47. The highest BCUT2D eigenvalue weighted by atomic mass is 16.6. The number of hydrogen-bond donors (Lipinski definition) is 1. The number of H-pyrrole nitrogens is 1. The fourth-order valence-corrected chi connectivity index (χ4v) is 2.92. The van der Waals surface area contributed by atoms with Crippen molar-refractivity contribution >= 4 is 23.2 Å². The van der Waals surface area contributed by atoms with Crippen molar-refractivity contribution in [3.63, 3.8) is 0 Å². The zero-order valence-electron chi connectivity index (χ0n) is 16.6. The quantitative estimate of drug-likeness (QED) is 0.288. The van der Waals surface area contributed by atoms with Gasteiger partial charge in [0.05, 0.1) is 41.1 Å². The van der Waals surface area contributed by atoms with Gasteiger partial charge in [-0.1, -0.05) is 6.07 Å². The van der Waals surface area contributed by atoms with Crippen LogP contribution in [-0.2, 0) is 16.0 Å². The summed E-state index contributed by atoms with van der Waals surface area (Å²) in [5.74, 6) is -0.103. The van der Waals surface area contributed by atoms with Gasteiger partial charge in [-0.3, -0.25) is 24.8 Å². The number of ether oxygens (including phenoxy) is 1. The van der Waals surface area contributed by atoms with Crippen molar-refractivity contribution in [1.29, 1.82) is 0 Å². The largest absolute Gasteiger partial charge is 0.469 e. The molecule has 154 valence electrons. The summed E-state index contributed by atoms with van der Waals surface area (Å²) in [5.41, 5.74) is 1.50. The third-order valence-electron chi connectivity index (χ3n) is 4.35. The first kappa shape index (κ1) is 20.6. The molecule has 0 radical (unpaired) electrons. The molecule has 0 saturated heterocycles. The zero-order valence-corrected chi connectivity index (χ0v) is 16.6. The molecule has 2 heterocycles. The van der Waals surface area contributed by atoms with Crippen LogP contribution in [0.25, 0.3) is 5.69 Å². The third-order valence-corrected chi connectivity index (χ3v) is 4.35. The second-order valence-electron chi connectivity index (χ2n) is 6.47. The van der Waals surface area contributed by atoms with Gasteiger partial charge in [0.1, 0.15) is 0 Å². The van der Waals surface area contributed by atoms with Gasteiger partial charge in [0.25, 0.3) is 11.2 Å². The number of rotatable bonds is 6. The summed E-state index contributed by atoms with van der Waals surface area (Å²) < 4.78 is 5.93. The number of aryl methyl sites for hydroxylation is 1. The number of nitrogens with one attached hydrogen (secondary N) is 1. The molecule has 2 aromatic heterocycles. The van der Waals surface area contributed by atoms with E-state index in [0.717, 1.165) is 5.69 Å². The minimum atomic E-state index is -0.533. The van der Waals surface area contributed by atoms with E-state index in [1.165, 1.54) is 36.1 Å². The first-order valence-corrected chi connectivity index (χ1v) is 8.95. The maximum absolute atomic E-state index is 13.1. The lowest BCUT2D eigenvalue weighted by atomic mass is 10.1. The number of hydrogen-bond acceptors (Lipinski definition) is 7. The summed E-state index contributed by atoms with van der Waals surface area (Å²) in [6, 6.07) is 10.8. The highest BCUT2D eigenvalue weighted by molar-refractivity contribution is 6.01. The average Bonchev–Trinajstić information content (AvgIpc) is 3.03. The number of nitrogens with zero attached hydrogens (tertiary/aromatic N) is 4. The smallest absolute Gasteiger partial charge is 0.311 e. The number of aliphatic imine (C=N–C) groups is 1. The summed E-state index contributed by atoms with van der Waals surface area (Å²) in [7, 11) is 1.26. The van der Waals surface area contributed by atoms with Gasteiger partial charge in [-0.2, -0.15) is 0 Å². The highest BCUT2D eigenvalue weighted by Gasteiger charge is 2.21. The molecule has 0 spiro atoms. The standard InChI is InChI=1S/C20H19N5O5/c1-12-5-4-6-17(21-12)22-13(2)19-16(11-18(26)30-3)23-24(20(19)27)14-7-9-15(10-8-14)25(28)29/h4-10,23H,11H2,1-3H3/b22-13-. The van der Waals surface area contributed by atoms with E-state index in [2.05, 4.69) is 15.1 Å². The van der Waals surface area contributed by atoms with Gasteiger partial charge < -0.3 is 4.74 Å². The van der Waals surface area contributed by atoms with Crippen LogP contribution in [0.4, 0.5) is 11.5 Å². The highest BCUT2D eigenvalue weighted by Crippen LogP contribution is 2.17. The van der Waals surface area contributed by atoms with Crippen LogP contribution in [0.2, 0.25) is 0 Å². The Balaban J connectivity index is 2.12. The van der Waals surface area contributed by atoms with Gasteiger partial charge in [0.15, 0.2) is 5.82 Å². The van der Waals surface area contributed by atoms with E-state index < -0.39 is 16.5 Å². The van der Waals surface area contributed by atoms with Crippen molar-refractivity contribution in [3.05, 3.63) is 79.9 Å². The van der Waals surface area contributed by atoms with Gasteiger partial charge in [0, 0.05) is 17.8 Å². The zero-order chi connectivity index (χ0) is 21.8. The number of benzene rings is 1. The third kappa shape index (κ3) is 4.32. The van der Waals surface area contributed by atoms with Crippen molar-refractivity contribution in [3.8, 4) is 5.69 Å². The molecule has 0 bridgehead atoms. The molecule has 0 fully saturated rings. The second kappa shape index (κ2) is 8.52. The van der Waals surface area contributed by atoms with E-state index in [4.69, 9.17) is 4.74 Å². The molecule has 0 unspecified atom stereocenters. The fraction of sp³-hybridized carbons (Fsp3) is 0.200. The molecule has 10 heteroatoms. The van der Waals surface area contributed by atoms with Gasteiger partial charge in [0.2, 0.25) is 0 Å². The van der Waals surface area contributed by atoms with Crippen LogP contribution in [0.5, 0.6) is 0 Å². The predicted octanol–water partition coefficient (Wildman–Crippen LogP) is 2.63. The first-order chi connectivity index (χ1) is 14.3. The first-order valence-electron chi connectivity index (χ1n) is 8.95. The summed E-state index contributed by atoms with van der Waals surface area (Å²) in [4.78, 5) is 44.0. The molecule has 0 atom stereocenters. The molecular weight excluding hydrogens is 390 g/mol. The Kier molecular flexibility index (Phi) is 5.86. The van der Waals surface area contributed by atoms with Crippen molar-refractivity contribution in [2.24, 2.45) is 4.99 Å². The van der Waals surface area contributed by atoms with Gasteiger partial charge >= 0.3 is 5.97 Å². The summed E-state index contributed by atoms with van der Waals surface area (Å²) in [5, 5.41) is 13.8. The van der Waals surface area contributed by atoms with Crippen molar-refractivity contribution in [1.82, 2.24) is 14.8 Å². The number of non-ortho nitro benzene ring substituents is 1. The molecule has 30 heavy (non-hydrogen) atoms. The molecule has 3 rings (SSSR count). The molecule has 0 aliphatic rings. The molecule has 10 nitrogen and oxygen atoms in total. The lowest BCUT2D eigenvalue weighted by molar-refractivity contribution is -0.384. The lowest BCUT2D eigenvalue weighted by Crippen LogP contribution is -2.20. The number of esters is 1. The van der Waals surface area contributed by atoms with Crippen LogP contribution in [0.15, 0.2) is 52.3 Å². The Morgan fingerprint density at radius 2 is 1.97 bits per heavy atom. The Bertz CT molecular complexity index is 1190. The van der Waals surface area contributed by atoms with E-state index in [-0.39, 0.29) is 17.7 Å². The van der Waals surface area contributed by atoms with Crippen molar-refractivity contribution in [2.75, 3.05) is 7.11 Å². The van der Waals surface area contributed by atoms with E-state index in [1.54, 1.807) is 19.1 Å². The average molecular weight is 409 g/mol. The van der Waals surface area contributed by atoms with Crippen molar-refractivity contribution < 1.29 is 14.5 Å². The number of pyridine rings is 1. The summed E-state index contributed by atoms with van der Waals surface area (Å²) in [6.45, 7) is 3.48. The molecule has 1 N–H and O–H groups in total. The van der Waals surface area contributed by atoms with Crippen LogP contribution in [-0.4, -0.2) is 38.5 Å². The maximum atomic E-state index is 13.1. The minimum Gasteiger partial charge on any atom is -0.469 e. The van der Waals surface area contributed by atoms with Crippen LogP contribution in [0.3, 0.4) is 0 Å². The van der Waals surface area contributed by atoms with E-state index in [1.807, 2.05) is 13.0 Å². The maximum Gasteiger partial charge on any atom is 0.311 e. The Morgan fingerprint density at radius 3 is 2.57 bits per heavy atom. The molecule has 0 aliphatic carbocycles. The summed E-state index contributed by atoms with van der Waals surface area (Å²) in [6.07, 6.45) is -0.171. The Labute approximate surface area is 171 Å². The number of carbonyl (C=O) groups is 1. The van der Waals surface area contributed by atoms with Gasteiger partial charge in [-0.25, -0.2) is 14.7 Å². The monoisotopic (exact) mass is 409 g/mol. The molecule has 0 saturated carbocycles. The topological polar surface area (TPSA) is 132 Å². The molecule has 3 aromatic rings. The SMILES string of the molecule is COC(=O)Cc1[nH]n(-c2ccc([N+](=O)[O-])cc2)c(=O)c1/C(C)=N\c1cccc(C)n1. The number of aromatic amines is 1. The number of methoxy groups -OCH3 is 1. The normalized spacial score (nSPS) is 11.4. The van der Waals surface area contributed by atoms with E-state index >= 15 is 0 Å². The molecular formula is C20H19N5O5. The van der Waals surface area contributed by atoms with Crippen LogP contribution in [0.1, 0.15) is 23.9 Å². The Morgan fingerprint density at radius 1 is 1.27 bits per heavy atom. The number of nitro groups is 1. The lowest BCUT2D eigenvalue weighted by Gasteiger charge is -2.02.